The van der Waals surface area contributed by atoms with Crippen molar-refractivity contribution in [3.63, 3.8) is 0 Å². The van der Waals surface area contributed by atoms with Gasteiger partial charge in [-0.25, -0.2) is 9.97 Å². The fourth-order valence-electron chi connectivity index (χ4n) is 1.03. The molecule has 0 radical (unpaired) electrons. The maximum Gasteiger partial charge on any atom is 0.148 e. The van der Waals surface area contributed by atoms with E-state index in [9.17, 15) is 0 Å². The molecule has 0 bridgehead atoms. The van der Waals surface area contributed by atoms with E-state index in [1.165, 1.54) is 6.33 Å². The molecule has 0 fully saturated rings. The smallest absolute Gasteiger partial charge is 0.148 e. The largest absolute Gasteiger partial charge is 0.365 e. The highest BCUT2D eigenvalue weighted by molar-refractivity contribution is 9.10. The number of rotatable bonds is 3. The standard InChI is InChI=1S/C8H7BrClN5/c9-6-7(10)12-4-13-8(6)11-1-5-2-14-15-3-5/h2-4H,1H2,(H,14,15)(H,11,12,13). The number of hydrogen-bond acceptors (Lipinski definition) is 4. The molecule has 0 unspecified atom stereocenters. The van der Waals surface area contributed by atoms with Crippen molar-refractivity contribution in [3.8, 4) is 0 Å². The second kappa shape index (κ2) is 4.59. The summed E-state index contributed by atoms with van der Waals surface area (Å²) < 4.78 is 0.662. The van der Waals surface area contributed by atoms with Crippen molar-refractivity contribution in [1.29, 1.82) is 0 Å². The molecule has 5 nitrogen and oxygen atoms in total. The van der Waals surface area contributed by atoms with Crippen LogP contribution >= 0.6 is 27.5 Å². The van der Waals surface area contributed by atoms with E-state index in [0.717, 1.165) is 5.56 Å². The molecule has 0 amide bonds. The van der Waals surface area contributed by atoms with Gasteiger partial charge in [-0.05, 0) is 15.9 Å². The molecule has 0 aromatic carbocycles. The Morgan fingerprint density at radius 3 is 3.07 bits per heavy atom. The first kappa shape index (κ1) is 10.4. The minimum atomic E-state index is 0.389. The summed E-state index contributed by atoms with van der Waals surface area (Å²) in [5.41, 5.74) is 1.04. The number of anilines is 1. The molecule has 0 atom stereocenters. The Kier molecular flexibility index (Phi) is 3.17. The van der Waals surface area contributed by atoms with Crippen molar-refractivity contribution in [1.82, 2.24) is 20.2 Å². The van der Waals surface area contributed by atoms with Gasteiger partial charge in [-0.3, -0.25) is 5.10 Å². The molecule has 2 aromatic heterocycles. The predicted molar refractivity (Wildman–Crippen MR) is 60.7 cm³/mol. The van der Waals surface area contributed by atoms with Crippen molar-refractivity contribution in [2.75, 3.05) is 5.32 Å². The van der Waals surface area contributed by atoms with Crippen molar-refractivity contribution < 1.29 is 0 Å². The highest BCUT2D eigenvalue weighted by atomic mass is 79.9. The summed E-state index contributed by atoms with van der Waals surface area (Å²) in [6.45, 7) is 0.627. The van der Waals surface area contributed by atoms with Gasteiger partial charge in [0.05, 0.1) is 10.7 Å². The van der Waals surface area contributed by atoms with E-state index in [2.05, 4.69) is 41.4 Å². The van der Waals surface area contributed by atoms with Gasteiger partial charge in [0.25, 0.3) is 0 Å². The van der Waals surface area contributed by atoms with Crippen LogP contribution in [-0.4, -0.2) is 20.2 Å². The van der Waals surface area contributed by atoms with Gasteiger partial charge in [-0.1, -0.05) is 11.6 Å². The molecule has 2 aromatic rings. The molecule has 0 saturated carbocycles. The maximum atomic E-state index is 5.82. The van der Waals surface area contributed by atoms with Crippen LogP contribution in [0.3, 0.4) is 0 Å². The third-order valence-corrected chi connectivity index (χ3v) is 3.03. The fourth-order valence-corrected chi connectivity index (χ4v) is 1.51. The molecule has 0 aliphatic rings. The van der Waals surface area contributed by atoms with E-state index in [1.807, 2.05) is 6.20 Å². The number of halogens is 2. The molecule has 2 heterocycles. The van der Waals surface area contributed by atoms with Gasteiger partial charge >= 0.3 is 0 Å². The average Bonchev–Trinajstić information content (AvgIpc) is 2.73. The lowest BCUT2D eigenvalue weighted by Gasteiger charge is -2.05. The van der Waals surface area contributed by atoms with Crippen LogP contribution in [-0.2, 0) is 6.54 Å². The van der Waals surface area contributed by atoms with Crippen LogP contribution in [0, 0.1) is 0 Å². The van der Waals surface area contributed by atoms with Gasteiger partial charge in [0.15, 0.2) is 0 Å². The highest BCUT2D eigenvalue weighted by Crippen LogP contribution is 2.26. The summed E-state index contributed by atoms with van der Waals surface area (Å²) in [5.74, 6) is 0.663. The zero-order valence-corrected chi connectivity index (χ0v) is 9.88. The van der Waals surface area contributed by atoms with Crippen molar-refractivity contribution in [3.05, 3.63) is 33.9 Å². The molecule has 7 heteroatoms. The van der Waals surface area contributed by atoms with Gasteiger partial charge in [0.1, 0.15) is 17.3 Å². The second-order valence-corrected chi connectivity index (χ2v) is 3.94. The van der Waals surface area contributed by atoms with Crippen LogP contribution in [0.2, 0.25) is 5.15 Å². The van der Waals surface area contributed by atoms with Gasteiger partial charge in [-0.15, -0.1) is 0 Å². The van der Waals surface area contributed by atoms with E-state index < -0.39 is 0 Å². The lowest BCUT2D eigenvalue weighted by atomic mass is 10.3. The van der Waals surface area contributed by atoms with Crippen molar-refractivity contribution in [2.24, 2.45) is 0 Å². The molecule has 0 spiro atoms. The van der Waals surface area contributed by atoms with Gasteiger partial charge in [0.2, 0.25) is 0 Å². The third-order valence-electron chi connectivity index (χ3n) is 1.76. The first-order valence-electron chi connectivity index (χ1n) is 4.15. The van der Waals surface area contributed by atoms with E-state index in [4.69, 9.17) is 11.6 Å². The lowest BCUT2D eigenvalue weighted by Crippen LogP contribution is -2.02. The Labute approximate surface area is 99.4 Å². The Balaban J connectivity index is 2.08. The minimum Gasteiger partial charge on any atom is -0.365 e. The van der Waals surface area contributed by atoms with E-state index in [0.29, 0.717) is 22.0 Å². The molecule has 0 saturated heterocycles. The molecular weight excluding hydrogens is 281 g/mol. The molecule has 2 N–H and O–H groups in total. The Hall–Kier alpha value is -1.14. The SMILES string of the molecule is Clc1ncnc(NCc2cn[nH]c2)c1Br. The summed E-state index contributed by atoms with van der Waals surface area (Å²) >= 11 is 9.12. The van der Waals surface area contributed by atoms with Crippen LogP contribution in [0.25, 0.3) is 0 Å². The van der Waals surface area contributed by atoms with Crippen molar-refractivity contribution in [2.45, 2.75) is 6.54 Å². The molecule has 0 aliphatic heterocycles. The van der Waals surface area contributed by atoms with Gasteiger partial charge < -0.3 is 5.32 Å². The van der Waals surface area contributed by atoms with Crippen LogP contribution in [0.4, 0.5) is 5.82 Å². The molecule has 2 rings (SSSR count). The first-order valence-corrected chi connectivity index (χ1v) is 5.32. The summed E-state index contributed by atoms with van der Waals surface area (Å²) in [7, 11) is 0. The summed E-state index contributed by atoms with van der Waals surface area (Å²) in [6.07, 6.45) is 4.96. The Morgan fingerprint density at radius 1 is 1.47 bits per heavy atom. The van der Waals surface area contributed by atoms with Crippen LogP contribution in [0.5, 0.6) is 0 Å². The topological polar surface area (TPSA) is 66.5 Å². The Bertz CT molecular complexity index is 444. The van der Waals surface area contributed by atoms with Crippen molar-refractivity contribution >= 4 is 33.3 Å². The second-order valence-electron chi connectivity index (χ2n) is 2.79. The number of H-pyrrole nitrogens is 1. The zero-order valence-electron chi connectivity index (χ0n) is 7.54. The molecule has 15 heavy (non-hydrogen) atoms. The van der Waals surface area contributed by atoms with E-state index >= 15 is 0 Å². The normalized spacial score (nSPS) is 10.3. The zero-order chi connectivity index (χ0) is 10.7. The quantitative estimate of drug-likeness (QED) is 0.850. The predicted octanol–water partition coefficient (Wildman–Crippen LogP) is 2.23. The molecular formula is C8H7BrClN5. The number of hydrogen-bond donors (Lipinski definition) is 2. The number of nitrogens with zero attached hydrogens (tertiary/aromatic N) is 3. The highest BCUT2D eigenvalue weighted by Gasteiger charge is 2.05. The minimum absolute atomic E-state index is 0.389. The van der Waals surface area contributed by atoms with Crippen LogP contribution in [0.1, 0.15) is 5.56 Å². The fraction of sp³-hybridized carbons (Fsp3) is 0.125. The number of nitrogens with one attached hydrogen (secondary N) is 2. The summed E-state index contributed by atoms with van der Waals surface area (Å²) in [5, 5.41) is 10.1. The lowest BCUT2D eigenvalue weighted by molar-refractivity contribution is 1.07. The third kappa shape index (κ3) is 2.45. The summed E-state index contributed by atoms with van der Waals surface area (Å²) in [6, 6.07) is 0. The first-order chi connectivity index (χ1) is 7.27. The monoisotopic (exact) mass is 287 g/mol. The summed E-state index contributed by atoms with van der Waals surface area (Å²) in [4.78, 5) is 7.89. The van der Waals surface area contributed by atoms with Gasteiger partial charge in [-0.2, -0.15) is 5.10 Å². The molecule has 0 aliphatic carbocycles. The van der Waals surface area contributed by atoms with E-state index in [1.54, 1.807) is 6.20 Å². The maximum absolute atomic E-state index is 5.82. The molecule has 78 valence electrons. The van der Waals surface area contributed by atoms with Crippen LogP contribution < -0.4 is 5.32 Å². The average molecular weight is 289 g/mol. The van der Waals surface area contributed by atoms with Crippen LogP contribution in [0.15, 0.2) is 23.2 Å². The van der Waals surface area contributed by atoms with E-state index in [-0.39, 0.29) is 0 Å². The van der Waals surface area contributed by atoms with Gasteiger partial charge in [0, 0.05) is 18.3 Å². The Morgan fingerprint density at radius 2 is 2.33 bits per heavy atom. The number of aromatic amines is 1. The number of aromatic nitrogens is 4.